The van der Waals surface area contributed by atoms with Crippen molar-refractivity contribution in [2.45, 2.75) is 39.7 Å². The molecule has 0 aliphatic heterocycles. The van der Waals surface area contributed by atoms with Gasteiger partial charge in [-0.2, -0.15) is 0 Å². The van der Waals surface area contributed by atoms with Crippen LogP contribution < -0.4 is 10.9 Å². The van der Waals surface area contributed by atoms with Crippen LogP contribution in [0.2, 0.25) is 5.15 Å². The highest BCUT2D eigenvalue weighted by Gasteiger charge is 2.10. The Morgan fingerprint density at radius 1 is 1.50 bits per heavy atom. The van der Waals surface area contributed by atoms with E-state index < -0.39 is 0 Å². The van der Waals surface area contributed by atoms with Gasteiger partial charge in [0.2, 0.25) is 5.91 Å². The molecule has 0 fully saturated rings. The van der Waals surface area contributed by atoms with E-state index >= 15 is 0 Å². The van der Waals surface area contributed by atoms with Crippen LogP contribution in [0.25, 0.3) is 0 Å². The van der Waals surface area contributed by atoms with Gasteiger partial charge < -0.3 is 5.32 Å². The molecule has 5 nitrogen and oxygen atoms in total. The number of carbonyl (C=O) groups is 1. The van der Waals surface area contributed by atoms with Crippen molar-refractivity contribution in [3.8, 4) is 0 Å². The maximum absolute atomic E-state index is 11.7. The van der Waals surface area contributed by atoms with Gasteiger partial charge in [-0.15, -0.1) is 0 Å². The number of aryl methyl sites for hydroxylation is 1. The molecule has 6 heteroatoms. The summed E-state index contributed by atoms with van der Waals surface area (Å²) < 4.78 is 1.35. The molecule has 1 aromatic rings. The van der Waals surface area contributed by atoms with Crippen LogP contribution in [0.3, 0.4) is 0 Å². The molecule has 0 saturated carbocycles. The quantitative estimate of drug-likeness (QED) is 0.628. The van der Waals surface area contributed by atoms with Crippen molar-refractivity contribution >= 4 is 17.5 Å². The van der Waals surface area contributed by atoms with Crippen molar-refractivity contribution < 1.29 is 4.79 Å². The summed E-state index contributed by atoms with van der Waals surface area (Å²) in [5, 5.41) is 2.93. The molecule has 0 aromatic carbocycles. The first-order valence-corrected chi connectivity index (χ1v) is 6.49. The van der Waals surface area contributed by atoms with Gasteiger partial charge in [0, 0.05) is 19.0 Å². The van der Waals surface area contributed by atoms with Crippen LogP contribution in [0.15, 0.2) is 10.9 Å². The van der Waals surface area contributed by atoms with Gasteiger partial charge in [-0.1, -0.05) is 31.9 Å². The third-order valence-corrected chi connectivity index (χ3v) is 2.72. The van der Waals surface area contributed by atoms with Crippen LogP contribution in [0, 0.1) is 0 Å². The third-order valence-electron chi connectivity index (χ3n) is 2.53. The first kappa shape index (κ1) is 14.7. The number of amides is 1. The number of aromatic nitrogens is 2. The molecule has 0 aliphatic carbocycles. The highest BCUT2D eigenvalue weighted by atomic mass is 35.5. The molecule has 100 valence electrons. The van der Waals surface area contributed by atoms with E-state index in [1.807, 2.05) is 6.92 Å². The Hall–Kier alpha value is -1.36. The maximum atomic E-state index is 11.7. The molecule has 1 heterocycles. The molecule has 0 saturated heterocycles. The number of rotatable bonds is 6. The lowest BCUT2D eigenvalue weighted by molar-refractivity contribution is -0.121. The van der Waals surface area contributed by atoms with E-state index in [4.69, 9.17) is 11.6 Å². The first-order chi connectivity index (χ1) is 8.58. The average molecular weight is 272 g/mol. The van der Waals surface area contributed by atoms with Crippen molar-refractivity contribution in [1.82, 2.24) is 14.9 Å². The minimum Gasteiger partial charge on any atom is -0.355 e. The van der Waals surface area contributed by atoms with Gasteiger partial charge in [0.1, 0.15) is 17.5 Å². The topological polar surface area (TPSA) is 64.0 Å². The summed E-state index contributed by atoms with van der Waals surface area (Å²) in [5.74, 6) is 0.350. The largest absolute Gasteiger partial charge is 0.355 e. The van der Waals surface area contributed by atoms with Gasteiger partial charge in [0.15, 0.2) is 0 Å². The van der Waals surface area contributed by atoms with Crippen LogP contribution in [0.1, 0.15) is 32.5 Å². The molecule has 0 radical (unpaired) electrons. The monoisotopic (exact) mass is 271 g/mol. The summed E-state index contributed by atoms with van der Waals surface area (Å²) in [5.41, 5.74) is -0.294. The highest BCUT2D eigenvalue weighted by Crippen LogP contribution is 2.02. The number of hydrogen-bond donors (Lipinski definition) is 1. The van der Waals surface area contributed by atoms with Crippen molar-refractivity contribution in [3.05, 3.63) is 27.4 Å². The Kier molecular flexibility index (Phi) is 5.85. The number of hydrogen-bond acceptors (Lipinski definition) is 3. The Morgan fingerprint density at radius 2 is 2.22 bits per heavy atom. The lowest BCUT2D eigenvalue weighted by Crippen LogP contribution is -2.34. The lowest BCUT2D eigenvalue weighted by atomic mass is 10.3. The highest BCUT2D eigenvalue weighted by molar-refractivity contribution is 6.29. The molecule has 18 heavy (non-hydrogen) atoms. The van der Waals surface area contributed by atoms with E-state index in [1.54, 1.807) is 0 Å². The van der Waals surface area contributed by atoms with Gasteiger partial charge >= 0.3 is 0 Å². The number of carbonyl (C=O) groups excluding carboxylic acids is 1. The standard InChI is InChI=1S/C12H18ClN3O2/c1-3-5-6-14-11(17)8-16-10(4-2)15-9(13)7-12(16)18/h7H,3-6,8H2,1-2H3,(H,14,17). The number of unbranched alkanes of at least 4 members (excludes halogenated alkanes) is 1. The molecule has 0 atom stereocenters. The van der Waals surface area contributed by atoms with Crippen molar-refractivity contribution in [1.29, 1.82) is 0 Å². The van der Waals surface area contributed by atoms with E-state index in [2.05, 4.69) is 17.2 Å². The summed E-state index contributed by atoms with van der Waals surface area (Å²) in [7, 11) is 0. The minimum absolute atomic E-state index is 0.00408. The van der Waals surface area contributed by atoms with E-state index in [9.17, 15) is 9.59 Å². The molecule has 1 amide bonds. The molecule has 0 unspecified atom stereocenters. The Morgan fingerprint density at radius 3 is 2.83 bits per heavy atom. The van der Waals surface area contributed by atoms with Gasteiger partial charge in [-0.05, 0) is 6.42 Å². The normalized spacial score (nSPS) is 10.4. The third kappa shape index (κ3) is 4.14. The molecular formula is C12H18ClN3O2. The van der Waals surface area contributed by atoms with E-state index in [1.165, 1.54) is 10.6 Å². The SMILES string of the molecule is CCCCNC(=O)Cn1c(CC)nc(Cl)cc1=O. The summed E-state index contributed by atoms with van der Waals surface area (Å²) in [6.45, 7) is 4.54. The Bertz CT molecular complexity index is 471. The summed E-state index contributed by atoms with van der Waals surface area (Å²) >= 11 is 5.71. The molecule has 0 aliphatic rings. The fourth-order valence-corrected chi connectivity index (χ4v) is 1.76. The fourth-order valence-electron chi connectivity index (χ4n) is 1.57. The first-order valence-electron chi connectivity index (χ1n) is 6.11. The van der Waals surface area contributed by atoms with Gasteiger partial charge in [-0.3, -0.25) is 14.2 Å². The number of nitrogens with one attached hydrogen (secondary N) is 1. The van der Waals surface area contributed by atoms with E-state index in [0.29, 0.717) is 18.8 Å². The summed E-state index contributed by atoms with van der Waals surface area (Å²) in [6, 6.07) is 1.22. The predicted molar refractivity (Wildman–Crippen MR) is 70.8 cm³/mol. The second kappa shape index (κ2) is 7.16. The molecule has 0 spiro atoms. The lowest BCUT2D eigenvalue weighted by Gasteiger charge is -2.10. The second-order valence-corrected chi connectivity index (χ2v) is 4.36. The Balaban J connectivity index is 2.77. The minimum atomic E-state index is -0.294. The molecule has 1 rings (SSSR count). The van der Waals surface area contributed by atoms with Crippen LogP contribution in [-0.4, -0.2) is 22.0 Å². The second-order valence-electron chi connectivity index (χ2n) is 3.98. The molecule has 0 bridgehead atoms. The molecule has 1 aromatic heterocycles. The maximum Gasteiger partial charge on any atom is 0.255 e. The molecule has 1 N–H and O–H groups in total. The molecular weight excluding hydrogens is 254 g/mol. The number of halogens is 1. The predicted octanol–water partition coefficient (Wildman–Crippen LogP) is 1.38. The summed E-state index contributed by atoms with van der Waals surface area (Å²) in [6.07, 6.45) is 2.50. The zero-order chi connectivity index (χ0) is 13.5. The van der Waals surface area contributed by atoms with Crippen LogP contribution in [0.5, 0.6) is 0 Å². The van der Waals surface area contributed by atoms with Crippen molar-refractivity contribution in [2.75, 3.05) is 6.54 Å². The van der Waals surface area contributed by atoms with E-state index in [0.717, 1.165) is 12.8 Å². The number of nitrogens with zero attached hydrogens (tertiary/aromatic N) is 2. The van der Waals surface area contributed by atoms with Crippen LogP contribution >= 0.6 is 11.6 Å². The zero-order valence-corrected chi connectivity index (χ0v) is 11.5. The Labute approximate surface area is 111 Å². The van der Waals surface area contributed by atoms with E-state index in [-0.39, 0.29) is 23.2 Å². The zero-order valence-electron chi connectivity index (χ0n) is 10.7. The fraction of sp³-hybridized carbons (Fsp3) is 0.583. The van der Waals surface area contributed by atoms with Crippen LogP contribution in [0.4, 0.5) is 0 Å². The average Bonchev–Trinajstić information content (AvgIpc) is 2.32. The van der Waals surface area contributed by atoms with Gasteiger partial charge in [0.05, 0.1) is 0 Å². The van der Waals surface area contributed by atoms with Gasteiger partial charge in [0.25, 0.3) is 5.56 Å². The van der Waals surface area contributed by atoms with Gasteiger partial charge in [-0.25, -0.2) is 4.98 Å². The van der Waals surface area contributed by atoms with Crippen LogP contribution in [-0.2, 0) is 17.8 Å². The van der Waals surface area contributed by atoms with Crippen molar-refractivity contribution in [3.63, 3.8) is 0 Å². The summed E-state index contributed by atoms with van der Waals surface area (Å²) in [4.78, 5) is 27.5. The smallest absolute Gasteiger partial charge is 0.255 e. The van der Waals surface area contributed by atoms with Crippen molar-refractivity contribution in [2.24, 2.45) is 0 Å².